The van der Waals surface area contributed by atoms with Crippen LogP contribution >= 0.6 is 0 Å². The van der Waals surface area contributed by atoms with E-state index in [1.165, 1.54) is 64.2 Å². The second-order valence-electron chi connectivity index (χ2n) is 5.71. The molecule has 0 aromatic carbocycles. The molecule has 0 heterocycles. The van der Waals surface area contributed by atoms with Crippen molar-refractivity contribution in [2.24, 2.45) is 0 Å². The fourth-order valence-electron chi connectivity index (χ4n) is 2.21. The summed E-state index contributed by atoms with van der Waals surface area (Å²) in [5.41, 5.74) is 0. The number of allylic oxidation sites excluding steroid dienone is 4. The average Bonchev–Trinajstić information content (AvgIpc) is 2.43. The quantitative estimate of drug-likeness (QED) is 0.266. The monoisotopic (exact) mass is 278 g/mol. The van der Waals surface area contributed by atoms with Gasteiger partial charge in [0.05, 0.1) is 0 Å². The molecule has 0 radical (unpaired) electrons. The molecular formula is C19H34O. The smallest absolute Gasteiger partial charge is 0.129 e. The normalized spacial score (nSPS) is 11.7. The Bertz CT molecular complexity index is 263. The lowest BCUT2D eigenvalue weighted by atomic mass is 10.1. The van der Waals surface area contributed by atoms with Gasteiger partial charge in [-0.2, -0.15) is 0 Å². The van der Waals surface area contributed by atoms with Crippen LogP contribution in [-0.4, -0.2) is 5.78 Å². The Balaban J connectivity index is 3.17. The van der Waals surface area contributed by atoms with Gasteiger partial charge in [-0.1, -0.05) is 69.8 Å². The lowest BCUT2D eigenvalue weighted by molar-refractivity contribution is -0.117. The highest BCUT2D eigenvalue weighted by molar-refractivity contribution is 5.75. The van der Waals surface area contributed by atoms with Crippen LogP contribution in [0, 0.1) is 0 Å². The Morgan fingerprint density at radius 1 is 0.750 bits per heavy atom. The molecule has 0 unspecified atom stereocenters. The molecule has 0 aliphatic rings. The molecule has 0 aliphatic heterocycles. The number of unbranched alkanes of at least 4 members (excludes halogenated alkanes) is 9. The van der Waals surface area contributed by atoms with E-state index in [-0.39, 0.29) is 0 Å². The van der Waals surface area contributed by atoms with Crippen LogP contribution in [0.25, 0.3) is 0 Å². The highest BCUT2D eigenvalue weighted by Crippen LogP contribution is 2.09. The molecule has 1 heteroatoms. The van der Waals surface area contributed by atoms with Crippen molar-refractivity contribution in [1.82, 2.24) is 0 Å². The van der Waals surface area contributed by atoms with E-state index in [1.54, 1.807) is 6.92 Å². The lowest BCUT2D eigenvalue weighted by Gasteiger charge is -1.99. The van der Waals surface area contributed by atoms with Gasteiger partial charge >= 0.3 is 0 Å². The number of ketones is 1. The van der Waals surface area contributed by atoms with Crippen molar-refractivity contribution in [3.8, 4) is 0 Å². The third-order valence-electron chi connectivity index (χ3n) is 3.51. The molecule has 0 aromatic heterocycles. The van der Waals surface area contributed by atoms with Crippen LogP contribution in [0.1, 0.15) is 90.9 Å². The number of hydrogen-bond donors (Lipinski definition) is 0. The van der Waals surface area contributed by atoms with Crippen LogP contribution in [-0.2, 0) is 4.79 Å². The van der Waals surface area contributed by atoms with E-state index in [4.69, 9.17) is 0 Å². The summed E-state index contributed by atoms with van der Waals surface area (Å²) in [6.45, 7) is 3.93. The zero-order valence-corrected chi connectivity index (χ0v) is 13.7. The van der Waals surface area contributed by atoms with Crippen molar-refractivity contribution < 1.29 is 4.79 Å². The predicted molar refractivity (Wildman–Crippen MR) is 90.0 cm³/mol. The Labute approximate surface area is 126 Å². The Hall–Kier alpha value is -0.850. The second-order valence-corrected chi connectivity index (χ2v) is 5.71. The van der Waals surface area contributed by atoms with Crippen molar-refractivity contribution in [2.45, 2.75) is 90.9 Å². The van der Waals surface area contributed by atoms with Gasteiger partial charge in [0.1, 0.15) is 5.78 Å². The van der Waals surface area contributed by atoms with Gasteiger partial charge in [-0.05, 0) is 39.0 Å². The molecule has 116 valence electrons. The first-order chi connectivity index (χ1) is 9.77. The minimum atomic E-state index is 0.331. The molecule has 0 atom stereocenters. The Morgan fingerprint density at radius 3 is 1.80 bits per heavy atom. The maximum atomic E-state index is 10.8. The third kappa shape index (κ3) is 17.2. The van der Waals surface area contributed by atoms with Gasteiger partial charge in [-0.25, -0.2) is 0 Å². The predicted octanol–water partition coefficient (Wildman–Crippen LogP) is 6.39. The fourth-order valence-corrected chi connectivity index (χ4v) is 2.21. The van der Waals surface area contributed by atoms with Crippen LogP contribution < -0.4 is 0 Å². The number of rotatable bonds is 14. The first-order valence-electron chi connectivity index (χ1n) is 8.58. The molecular weight excluding hydrogens is 244 g/mol. The van der Waals surface area contributed by atoms with E-state index in [1.807, 2.05) is 0 Å². The van der Waals surface area contributed by atoms with Crippen molar-refractivity contribution in [1.29, 1.82) is 0 Å². The summed E-state index contributed by atoms with van der Waals surface area (Å²) in [4.78, 5) is 10.8. The van der Waals surface area contributed by atoms with Gasteiger partial charge < -0.3 is 4.79 Å². The molecule has 0 saturated heterocycles. The Morgan fingerprint density at radius 2 is 1.25 bits per heavy atom. The fraction of sp³-hybridized carbons (Fsp3) is 0.737. The molecule has 20 heavy (non-hydrogen) atoms. The van der Waals surface area contributed by atoms with Gasteiger partial charge in [0.2, 0.25) is 0 Å². The highest BCUT2D eigenvalue weighted by atomic mass is 16.1. The molecule has 0 aromatic rings. The number of carbonyl (C=O) groups excluding carboxylic acids is 1. The summed E-state index contributed by atoms with van der Waals surface area (Å²) in [6, 6.07) is 0. The van der Waals surface area contributed by atoms with Crippen LogP contribution in [0.5, 0.6) is 0 Å². The molecule has 0 bridgehead atoms. The molecule has 0 rings (SSSR count). The van der Waals surface area contributed by atoms with Gasteiger partial charge in [0.25, 0.3) is 0 Å². The first kappa shape index (κ1) is 19.1. The summed E-state index contributed by atoms with van der Waals surface area (Å²) in [6.07, 6.45) is 23.6. The summed E-state index contributed by atoms with van der Waals surface area (Å²) in [7, 11) is 0. The minimum absolute atomic E-state index is 0.331. The van der Waals surface area contributed by atoms with Gasteiger partial charge in [0, 0.05) is 6.42 Å². The van der Waals surface area contributed by atoms with Crippen molar-refractivity contribution in [3.05, 3.63) is 24.3 Å². The van der Waals surface area contributed by atoms with Gasteiger partial charge in [-0.15, -0.1) is 0 Å². The maximum absolute atomic E-state index is 10.8. The number of carbonyl (C=O) groups is 1. The summed E-state index contributed by atoms with van der Waals surface area (Å²) < 4.78 is 0. The van der Waals surface area contributed by atoms with Gasteiger partial charge in [-0.3, -0.25) is 0 Å². The summed E-state index contributed by atoms with van der Waals surface area (Å²) in [5.74, 6) is 0.331. The molecule has 0 fully saturated rings. The highest BCUT2D eigenvalue weighted by Gasteiger charge is 1.93. The molecule has 0 spiro atoms. The third-order valence-corrected chi connectivity index (χ3v) is 3.51. The van der Waals surface area contributed by atoms with Crippen molar-refractivity contribution in [2.75, 3.05) is 0 Å². The molecule has 0 aliphatic carbocycles. The SMILES string of the molecule is CCCCC/C=C/C=C/CCCCCCCCC(C)=O. The van der Waals surface area contributed by atoms with Crippen LogP contribution in [0.2, 0.25) is 0 Å². The summed E-state index contributed by atoms with van der Waals surface area (Å²) >= 11 is 0. The van der Waals surface area contributed by atoms with E-state index in [0.29, 0.717) is 5.78 Å². The largest absolute Gasteiger partial charge is 0.300 e. The minimum Gasteiger partial charge on any atom is -0.300 e. The first-order valence-corrected chi connectivity index (χ1v) is 8.58. The van der Waals surface area contributed by atoms with E-state index in [0.717, 1.165) is 12.8 Å². The second kappa shape index (κ2) is 16.2. The zero-order chi connectivity index (χ0) is 14.9. The van der Waals surface area contributed by atoms with Crippen molar-refractivity contribution >= 4 is 5.78 Å². The number of hydrogen-bond acceptors (Lipinski definition) is 1. The van der Waals surface area contributed by atoms with Crippen molar-refractivity contribution in [3.63, 3.8) is 0 Å². The topological polar surface area (TPSA) is 17.1 Å². The maximum Gasteiger partial charge on any atom is 0.129 e. The molecule has 0 N–H and O–H groups in total. The number of Topliss-reactive ketones (excluding diaryl/α,β-unsaturated/α-hetero) is 1. The molecule has 0 saturated carbocycles. The Kier molecular flexibility index (Phi) is 15.5. The van der Waals surface area contributed by atoms with Crippen LogP contribution in [0.15, 0.2) is 24.3 Å². The van der Waals surface area contributed by atoms with E-state index in [9.17, 15) is 4.79 Å². The molecule has 0 amide bonds. The summed E-state index contributed by atoms with van der Waals surface area (Å²) in [5, 5.41) is 0. The standard InChI is InChI=1S/C19H34O/c1-3-4-5-6-7-8-9-10-11-12-13-14-15-16-17-18-19(2)20/h7-10H,3-6,11-18H2,1-2H3/b8-7+,10-9+. The average molecular weight is 278 g/mol. The van der Waals surface area contributed by atoms with Crippen LogP contribution in [0.3, 0.4) is 0 Å². The van der Waals surface area contributed by atoms with E-state index < -0.39 is 0 Å². The molecule has 1 nitrogen and oxygen atoms in total. The van der Waals surface area contributed by atoms with E-state index in [2.05, 4.69) is 31.2 Å². The van der Waals surface area contributed by atoms with Gasteiger partial charge in [0.15, 0.2) is 0 Å². The van der Waals surface area contributed by atoms with Crippen LogP contribution in [0.4, 0.5) is 0 Å². The van der Waals surface area contributed by atoms with E-state index >= 15 is 0 Å². The lowest BCUT2D eigenvalue weighted by Crippen LogP contribution is -1.89. The zero-order valence-electron chi connectivity index (χ0n) is 13.7.